The molecule has 1 fully saturated rings. The molecule has 1 aromatic rings. The summed E-state index contributed by atoms with van der Waals surface area (Å²) < 4.78 is 8.05. The monoisotopic (exact) mass is 237 g/mol. The second-order valence-corrected chi connectivity index (χ2v) is 4.99. The zero-order valence-electron chi connectivity index (χ0n) is 10.6. The van der Waals surface area contributed by atoms with Gasteiger partial charge >= 0.3 is 0 Å². The van der Waals surface area contributed by atoms with Gasteiger partial charge in [-0.2, -0.15) is 0 Å². The maximum Gasteiger partial charge on any atom is 0.0948 e. The smallest absolute Gasteiger partial charge is 0.0948 e. The van der Waals surface area contributed by atoms with E-state index >= 15 is 0 Å². The Morgan fingerprint density at radius 2 is 2.18 bits per heavy atom. The van der Waals surface area contributed by atoms with Crippen molar-refractivity contribution in [3.05, 3.63) is 18.2 Å². The van der Waals surface area contributed by atoms with E-state index in [-0.39, 0.29) is 0 Å². The van der Waals surface area contributed by atoms with Crippen molar-refractivity contribution >= 4 is 0 Å². The van der Waals surface area contributed by atoms with Crippen LogP contribution in [-0.2, 0) is 11.3 Å². The summed E-state index contributed by atoms with van der Waals surface area (Å²) in [5, 5.41) is 0. The van der Waals surface area contributed by atoms with Crippen LogP contribution < -0.4 is 5.73 Å². The van der Waals surface area contributed by atoms with E-state index in [1.165, 1.54) is 5.69 Å². The fourth-order valence-corrected chi connectivity index (χ4v) is 2.36. The third-order valence-electron chi connectivity index (χ3n) is 3.54. The summed E-state index contributed by atoms with van der Waals surface area (Å²) in [6.07, 6.45) is 9.77. The summed E-state index contributed by atoms with van der Waals surface area (Å²) in [5.74, 6) is 0. The third kappa shape index (κ3) is 3.82. The molecule has 1 aliphatic carbocycles. The van der Waals surface area contributed by atoms with Crippen LogP contribution in [0.3, 0.4) is 0 Å². The Kier molecular flexibility index (Phi) is 4.57. The van der Waals surface area contributed by atoms with Crippen LogP contribution >= 0.6 is 0 Å². The largest absolute Gasteiger partial charge is 0.378 e. The molecule has 96 valence electrons. The molecule has 0 amide bonds. The molecular formula is C13H23N3O. The molecule has 17 heavy (non-hydrogen) atoms. The highest BCUT2D eigenvalue weighted by molar-refractivity contribution is 4.93. The van der Waals surface area contributed by atoms with Crippen molar-refractivity contribution in [1.82, 2.24) is 9.55 Å². The first-order chi connectivity index (χ1) is 8.25. The molecule has 1 aliphatic rings. The minimum absolute atomic E-state index is 0.406. The van der Waals surface area contributed by atoms with E-state index in [1.807, 2.05) is 12.5 Å². The number of nitrogens with two attached hydrogens (primary N) is 1. The summed E-state index contributed by atoms with van der Waals surface area (Å²) >= 11 is 0. The van der Waals surface area contributed by atoms with Crippen LogP contribution in [0, 0.1) is 6.92 Å². The molecule has 0 aliphatic heterocycles. The number of rotatable bonds is 5. The SMILES string of the molecule is Cc1cncn1CCCOC1CCC(N)CC1. The van der Waals surface area contributed by atoms with Gasteiger partial charge in [0.2, 0.25) is 0 Å². The van der Waals surface area contributed by atoms with Gasteiger partial charge in [0.15, 0.2) is 0 Å². The third-order valence-corrected chi connectivity index (χ3v) is 3.54. The molecule has 0 radical (unpaired) electrons. The minimum Gasteiger partial charge on any atom is -0.378 e. The van der Waals surface area contributed by atoms with Crippen molar-refractivity contribution < 1.29 is 4.74 Å². The summed E-state index contributed by atoms with van der Waals surface area (Å²) in [7, 11) is 0. The quantitative estimate of drug-likeness (QED) is 0.795. The van der Waals surface area contributed by atoms with Gasteiger partial charge in [0.05, 0.1) is 12.4 Å². The maximum atomic E-state index is 5.88. The van der Waals surface area contributed by atoms with E-state index in [4.69, 9.17) is 10.5 Å². The Bertz CT molecular complexity index is 329. The lowest BCUT2D eigenvalue weighted by molar-refractivity contribution is 0.0225. The predicted molar refractivity (Wildman–Crippen MR) is 67.8 cm³/mol. The van der Waals surface area contributed by atoms with E-state index in [1.54, 1.807) is 0 Å². The van der Waals surface area contributed by atoms with Crippen LogP contribution in [0.15, 0.2) is 12.5 Å². The van der Waals surface area contributed by atoms with Crippen LogP contribution in [-0.4, -0.2) is 28.3 Å². The summed E-state index contributed by atoms with van der Waals surface area (Å²) in [6.45, 7) is 3.92. The van der Waals surface area contributed by atoms with Gasteiger partial charge in [-0.25, -0.2) is 4.98 Å². The lowest BCUT2D eigenvalue weighted by Gasteiger charge is -2.26. The lowest BCUT2D eigenvalue weighted by Crippen LogP contribution is -2.30. The van der Waals surface area contributed by atoms with Crippen LogP contribution in [0.4, 0.5) is 0 Å². The molecule has 1 saturated carbocycles. The zero-order chi connectivity index (χ0) is 12.1. The second kappa shape index (κ2) is 6.17. The maximum absolute atomic E-state index is 5.88. The molecular weight excluding hydrogens is 214 g/mol. The van der Waals surface area contributed by atoms with E-state index in [0.29, 0.717) is 12.1 Å². The molecule has 2 rings (SSSR count). The van der Waals surface area contributed by atoms with Gasteiger partial charge in [-0.05, 0) is 39.0 Å². The number of hydrogen-bond acceptors (Lipinski definition) is 3. The molecule has 0 spiro atoms. The topological polar surface area (TPSA) is 53.1 Å². The van der Waals surface area contributed by atoms with E-state index in [9.17, 15) is 0 Å². The van der Waals surface area contributed by atoms with Gasteiger partial charge in [-0.15, -0.1) is 0 Å². The minimum atomic E-state index is 0.406. The molecule has 4 heteroatoms. The first kappa shape index (κ1) is 12.6. The average molecular weight is 237 g/mol. The first-order valence-electron chi connectivity index (χ1n) is 6.59. The van der Waals surface area contributed by atoms with Crippen molar-refractivity contribution in [2.75, 3.05) is 6.61 Å². The van der Waals surface area contributed by atoms with E-state index in [0.717, 1.165) is 45.3 Å². The van der Waals surface area contributed by atoms with Crippen LogP contribution in [0.2, 0.25) is 0 Å². The van der Waals surface area contributed by atoms with Crippen molar-refractivity contribution in [3.8, 4) is 0 Å². The Balaban J connectivity index is 1.59. The van der Waals surface area contributed by atoms with Crippen molar-refractivity contribution in [1.29, 1.82) is 0 Å². The normalized spacial score (nSPS) is 25.1. The Morgan fingerprint density at radius 3 is 2.82 bits per heavy atom. The molecule has 0 unspecified atom stereocenters. The summed E-state index contributed by atoms with van der Waals surface area (Å²) in [5.41, 5.74) is 7.08. The molecule has 1 heterocycles. The van der Waals surface area contributed by atoms with Gasteiger partial charge in [0.1, 0.15) is 0 Å². The first-order valence-corrected chi connectivity index (χ1v) is 6.59. The van der Waals surface area contributed by atoms with Crippen LogP contribution in [0.1, 0.15) is 37.8 Å². The number of hydrogen-bond donors (Lipinski definition) is 1. The summed E-state index contributed by atoms with van der Waals surface area (Å²) in [4.78, 5) is 4.11. The standard InChI is InChI=1S/C13H23N3O/c1-11-9-15-10-16(11)7-2-8-17-13-5-3-12(14)4-6-13/h9-10,12-13H,2-8,14H2,1H3. The van der Waals surface area contributed by atoms with Gasteiger partial charge < -0.3 is 15.0 Å². The summed E-state index contributed by atoms with van der Waals surface area (Å²) in [6, 6.07) is 0.406. The van der Waals surface area contributed by atoms with Crippen LogP contribution in [0.25, 0.3) is 0 Å². The predicted octanol–water partition coefficient (Wildman–Crippen LogP) is 1.87. The number of imidazole rings is 1. The molecule has 0 atom stereocenters. The number of nitrogens with zero attached hydrogens (tertiary/aromatic N) is 2. The number of aromatic nitrogens is 2. The zero-order valence-corrected chi connectivity index (χ0v) is 10.6. The highest BCUT2D eigenvalue weighted by Gasteiger charge is 2.18. The molecule has 2 N–H and O–H groups in total. The van der Waals surface area contributed by atoms with Crippen molar-refractivity contribution in [2.24, 2.45) is 5.73 Å². The molecule has 4 nitrogen and oxygen atoms in total. The fraction of sp³-hybridized carbons (Fsp3) is 0.769. The Labute approximate surface area is 103 Å². The van der Waals surface area contributed by atoms with Crippen molar-refractivity contribution in [3.63, 3.8) is 0 Å². The molecule has 0 bridgehead atoms. The molecule has 0 saturated heterocycles. The fourth-order valence-electron chi connectivity index (χ4n) is 2.36. The van der Waals surface area contributed by atoms with Gasteiger partial charge in [-0.1, -0.05) is 0 Å². The van der Waals surface area contributed by atoms with Gasteiger partial charge in [0.25, 0.3) is 0 Å². The van der Waals surface area contributed by atoms with Gasteiger partial charge in [0, 0.05) is 31.1 Å². The van der Waals surface area contributed by atoms with Crippen molar-refractivity contribution in [2.45, 2.75) is 57.7 Å². The average Bonchev–Trinajstić information content (AvgIpc) is 2.73. The van der Waals surface area contributed by atoms with Crippen LogP contribution in [0.5, 0.6) is 0 Å². The Hall–Kier alpha value is -0.870. The highest BCUT2D eigenvalue weighted by Crippen LogP contribution is 2.19. The Morgan fingerprint density at radius 1 is 1.41 bits per heavy atom. The number of ether oxygens (including phenoxy) is 1. The molecule has 1 aromatic heterocycles. The molecule has 0 aromatic carbocycles. The van der Waals surface area contributed by atoms with E-state index < -0.39 is 0 Å². The number of aryl methyl sites for hydroxylation is 2. The second-order valence-electron chi connectivity index (χ2n) is 4.99. The van der Waals surface area contributed by atoms with E-state index in [2.05, 4.69) is 16.5 Å². The lowest BCUT2D eigenvalue weighted by atomic mass is 9.94. The highest BCUT2D eigenvalue weighted by atomic mass is 16.5. The van der Waals surface area contributed by atoms with Gasteiger partial charge in [-0.3, -0.25) is 0 Å².